The number of hydrogen-bond donors (Lipinski definition) is 0. The summed E-state index contributed by atoms with van der Waals surface area (Å²) in [4.78, 5) is 14.9. The van der Waals surface area contributed by atoms with E-state index in [1.54, 1.807) is 4.90 Å². The van der Waals surface area contributed by atoms with Crippen LogP contribution in [0.15, 0.2) is 30.3 Å². The van der Waals surface area contributed by atoms with Crippen molar-refractivity contribution >= 4 is 11.6 Å². The van der Waals surface area contributed by atoms with Crippen molar-refractivity contribution < 1.29 is 33.2 Å². The zero-order chi connectivity index (χ0) is 22.4. The Bertz CT molecular complexity index is 781. The summed E-state index contributed by atoms with van der Waals surface area (Å²) in [6, 6.07) is 9.56. The van der Waals surface area contributed by atoms with Crippen LogP contribution >= 0.6 is 0 Å². The molecule has 0 spiro atoms. The van der Waals surface area contributed by atoms with Crippen LogP contribution in [0, 0.1) is 0 Å². The monoisotopic (exact) mass is 435 g/mol. The van der Waals surface area contributed by atoms with Gasteiger partial charge in [0.25, 0.3) is 5.91 Å². The van der Waals surface area contributed by atoms with Gasteiger partial charge in [0.05, 0.1) is 6.61 Å². The maximum atomic E-state index is 13.1. The molecule has 31 heavy (non-hydrogen) atoms. The molecule has 1 aromatic rings. The van der Waals surface area contributed by atoms with Crippen molar-refractivity contribution in [1.29, 1.82) is 0 Å². The van der Waals surface area contributed by atoms with Crippen LogP contribution in [-0.4, -0.2) is 67.4 Å². The van der Waals surface area contributed by atoms with E-state index in [9.17, 15) is 4.79 Å². The van der Waals surface area contributed by atoms with Crippen molar-refractivity contribution in [3.8, 4) is 0 Å². The fourth-order valence-electron chi connectivity index (χ4n) is 4.43. The number of carbonyl (C=O) groups excluding carboxylic acids is 1. The Balaban J connectivity index is 1.49. The van der Waals surface area contributed by atoms with Gasteiger partial charge in [-0.15, -0.1) is 0 Å². The fourth-order valence-corrected chi connectivity index (χ4v) is 4.43. The Hall–Kier alpha value is -1.55. The summed E-state index contributed by atoms with van der Waals surface area (Å²) in [5.74, 6) is -1.62. The molecule has 0 aliphatic carbocycles. The lowest BCUT2D eigenvalue weighted by Gasteiger charge is -2.30. The van der Waals surface area contributed by atoms with Crippen molar-refractivity contribution in [2.45, 2.75) is 89.9 Å². The highest BCUT2D eigenvalue weighted by molar-refractivity contribution is 5.94. The molecule has 8 heteroatoms. The molecule has 8 nitrogen and oxygen atoms in total. The maximum absolute atomic E-state index is 13.1. The second-order valence-corrected chi connectivity index (χ2v) is 9.41. The zero-order valence-corrected chi connectivity index (χ0v) is 19.1. The van der Waals surface area contributed by atoms with Gasteiger partial charge in [-0.3, -0.25) is 4.79 Å². The Morgan fingerprint density at radius 1 is 1.06 bits per heavy atom. The Morgan fingerprint density at radius 3 is 2.39 bits per heavy atom. The molecular formula is C23H33NO7. The second-order valence-electron chi connectivity index (χ2n) is 9.41. The van der Waals surface area contributed by atoms with Gasteiger partial charge in [-0.05, 0) is 53.7 Å². The number of para-hydroxylation sites is 1. The third kappa shape index (κ3) is 4.79. The average Bonchev–Trinajstić information content (AvgIpc) is 3.29. The number of benzene rings is 1. The molecule has 0 unspecified atom stereocenters. The lowest BCUT2D eigenvalue weighted by Crippen LogP contribution is -2.46. The van der Waals surface area contributed by atoms with Crippen LogP contribution in [0.2, 0.25) is 0 Å². The number of rotatable bonds is 6. The molecule has 0 bridgehead atoms. The van der Waals surface area contributed by atoms with E-state index in [1.165, 1.54) is 0 Å². The molecule has 0 aromatic heterocycles. The lowest BCUT2D eigenvalue weighted by atomic mass is 10.1. The fraction of sp³-hybridized carbons (Fsp3) is 0.696. The summed E-state index contributed by atoms with van der Waals surface area (Å²) in [5, 5.41) is 0. The third-order valence-electron chi connectivity index (χ3n) is 5.64. The second kappa shape index (κ2) is 8.42. The summed E-state index contributed by atoms with van der Waals surface area (Å²) >= 11 is 0. The van der Waals surface area contributed by atoms with Crippen molar-refractivity contribution in [3.05, 3.63) is 30.3 Å². The van der Waals surface area contributed by atoms with Crippen LogP contribution in [0.25, 0.3) is 0 Å². The number of hydrogen-bond acceptors (Lipinski definition) is 7. The molecule has 1 amide bonds. The van der Waals surface area contributed by atoms with Crippen molar-refractivity contribution in [2.24, 2.45) is 0 Å². The van der Waals surface area contributed by atoms with E-state index in [0.29, 0.717) is 6.61 Å². The number of ether oxygens (including phenoxy) is 6. The van der Waals surface area contributed by atoms with Gasteiger partial charge in [0.1, 0.15) is 31.0 Å². The largest absolute Gasteiger partial charge is 0.363 e. The van der Waals surface area contributed by atoms with Crippen LogP contribution in [0.1, 0.15) is 41.5 Å². The quantitative estimate of drug-likeness (QED) is 0.680. The van der Waals surface area contributed by atoms with Crippen LogP contribution in [0.4, 0.5) is 5.69 Å². The van der Waals surface area contributed by atoms with Gasteiger partial charge >= 0.3 is 0 Å². The Morgan fingerprint density at radius 2 is 1.77 bits per heavy atom. The Labute approximate surface area is 183 Å². The molecule has 3 aliphatic heterocycles. The number of anilines is 1. The van der Waals surface area contributed by atoms with Crippen LogP contribution in [-0.2, 0) is 33.2 Å². The van der Waals surface area contributed by atoms with E-state index in [2.05, 4.69) is 0 Å². The number of fused-ring (bicyclic) bond motifs is 1. The Kier molecular flexibility index (Phi) is 6.15. The van der Waals surface area contributed by atoms with Gasteiger partial charge in [0, 0.05) is 11.7 Å². The molecule has 3 fully saturated rings. The molecular weight excluding hydrogens is 402 g/mol. The van der Waals surface area contributed by atoms with E-state index in [0.717, 1.165) is 5.69 Å². The van der Waals surface area contributed by atoms with Crippen molar-refractivity contribution in [3.63, 3.8) is 0 Å². The highest BCUT2D eigenvalue weighted by atomic mass is 16.8. The van der Waals surface area contributed by atoms with Crippen LogP contribution < -0.4 is 4.90 Å². The lowest BCUT2D eigenvalue weighted by molar-refractivity contribution is -0.235. The highest BCUT2D eigenvalue weighted by Gasteiger charge is 2.59. The van der Waals surface area contributed by atoms with Gasteiger partial charge < -0.3 is 33.3 Å². The van der Waals surface area contributed by atoms with E-state index in [4.69, 9.17) is 28.4 Å². The summed E-state index contributed by atoms with van der Waals surface area (Å²) in [7, 11) is 0. The molecule has 0 N–H and O–H groups in total. The first-order valence-electron chi connectivity index (χ1n) is 10.9. The minimum Gasteiger partial charge on any atom is -0.363 e. The first kappa shape index (κ1) is 22.6. The first-order valence-corrected chi connectivity index (χ1v) is 10.9. The molecule has 1 aromatic carbocycles. The summed E-state index contributed by atoms with van der Waals surface area (Å²) < 4.78 is 36.0. The van der Waals surface area contributed by atoms with E-state index >= 15 is 0 Å². The number of carbonyl (C=O) groups is 1. The summed E-state index contributed by atoms with van der Waals surface area (Å²) in [5.41, 5.74) is 0.832. The molecule has 172 valence electrons. The van der Waals surface area contributed by atoms with Crippen molar-refractivity contribution in [2.75, 3.05) is 18.1 Å². The minimum absolute atomic E-state index is 0.0146. The number of amides is 1. The van der Waals surface area contributed by atoms with E-state index < -0.39 is 36.2 Å². The SMILES string of the molecule is CC(C)N(C(=O)CO[C@@H]1[C@H]2OC(C)(C)O[C@H]2O[C@@H]1[C@H]1COC(C)(C)O1)c1ccccc1. The standard InChI is InChI=1S/C23H33NO7/c1-14(2)24(15-10-8-7-9-11-15)17(25)13-26-19-18(16-12-27-22(3,4)29-16)28-21-20(19)30-23(5,6)31-21/h7-11,14,16,18-21H,12-13H2,1-6H3/t16-,18-,19+,20-,21-/m1/s1. The van der Waals surface area contributed by atoms with E-state index in [-0.39, 0.29) is 24.7 Å². The highest BCUT2D eigenvalue weighted by Crippen LogP contribution is 2.42. The topological polar surface area (TPSA) is 75.7 Å². The molecule has 3 aliphatic rings. The summed E-state index contributed by atoms with van der Waals surface area (Å²) in [6.45, 7) is 11.6. The predicted molar refractivity (Wildman–Crippen MR) is 112 cm³/mol. The van der Waals surface area contributed by atoms with E-state index in [1.807, 2.05) is 71.9 Å². The smallest absolute Gasteiger partial charge is 0.253 e. The zero-order valence-electron chi connectivity index (χ0n) is 19.1. The van der Waals surface area contributed by atoms with Gasteiger partial charge in [0.15, 0.2) is 17.9 Å². The normalized spacial score (nSPS) is 33.6. The van der Waals surface area contributed by atoms with Gasteiger partial charge in [-0.25, -0.2) is 0 Å². The predicted octanol–water partition coefficient (Wildman–Crippen LogP) is 2.84. The first-order chi connectivity index (χ1) is 14.6. The minimum atomic E-state index is -0.785. The van der Waals surface area contributed by atoms with Gasteiger partial charge in [-0.2, -0.15) is 0 Å². The molecule has 3 saturated heterocycles. The molecule has 3 heterocycles. The van der Waals surface area contributed by atoms with Crippen molar-refractivity contribution in [1.82, 2.24) is 0 Å². The summed E-state index contributed by atoms with van der Waals surface area (Å²) in [6.07, 6.45) is -2.37. The molecule has 0 radical (unpaired) electrons. The molecule has 5 atom stereocenters. The van der Waals surface area contributed by atoms with Crippen LogP contribution in [0.5, 0.6) is 0 Å². The average molecular weight is 436 g/mol. The number of nitrogens with zero attached hydrogens (tertiary/aromatic N) is 1. The van der Waals surface area contributed by atoms with Gasteiger partial charge in [0.2, 0.25) is 0 Å². The maximum Gasteiger partial charge on any atom is 0.253 e. The van der Waals surface area contributed by atoms with Gasteiger partial charge in [-0.1, -0.05) is 18.2 Å². The molecule has 4 rings (SSSR count). The third-order valence-corrected chi connectivity index (χ3v) is 5.64. The molecule has 0 saturated carbocycles. The van der Waals surface area contributed by atoms with Crippen LogP contribution in [0.3, 0.4) is 0 Å².